The number of hydrogen-bond donors (Lipinski definition) is 0. The maximum Gasteiger partial charge on any atom is 4.00 e. The minimum Gasteiger partial charge on any atom is -1.00 e. The first kappa shape index (κ1) is 26.1. The van der Waals surface area contributed by atoms with Crippen molar-refractivity contribution >= 4 is 9.52 Å². The Morgan fingerprint density at radius 2 is 1.65 bits per heavy atom. The topological polar surface area (TPSA) is 0 Å². The molecule has 1 aliphatic carbocycles. The molecule has 0 aromatic heterocycles. The number of halogens is 3. The molecule has 0 radical (unpaired) electrons. The molecule has 0 nitrogen and oxygen atoms in total. The van der Waals surface area contributed by atoms with Crippen molar-refractivity contribution in [1.29, 1.82) is 0 Å². The van der Waals surface area contributed by atoms with Gasteiger partial charge in [0.25, 0.3) is 0 Å². The molecule has 0 bridgehead atoms. The molecule has 1 aliphatic rings. The summed E-state index contributed by atoms with van der Waals surface area (Å²) in [5.41, 5.74) is 6.77. The van der Waals surface area contributed by atoms with Gasteiger partial charge in [-0.1, -0.05) is 59.4 Å². The summed E-state index contributed by atoms with van der Waals surface area (Å²) < 4.78 is 0. The number of hydrogen-bond acceptors (Lipinski definition) is 0. The molecule has 0 saturated heterocycles. The van der Waals surface area contributed by atoms with Crippen molar-refractivity contribution in [3.05, 3.63) is 28.3 Å². The Bertz CT molecular complexity index is 383. The molecule has 0 fully saturated rings. The van der Waals surface area contributed by atoms with Gasteiger partial charge in [0.05, 0.1) is 0 Å². The normalized spacial score (nSPS) is 13.6. The second-order valence-corrected chi connectivity index (χ2v) is 9.70. The Kier molecular flexibility index (Phi) is 14.1. The summed E-state index contributed by atoms with van der Waals surface area (Å²) in [5.74, 6) is 0. The van der Waals surface area contributed by atoms with Crippen molar-refractivity contribution in [2.75, 3.05) is 0 Å². The molecule has 0 heterocycles. The summed E-state index contributed by atoms with van der Waals surface area (Å²) in [6, 6.07) is 3.89. The molecule has 114 valence electrons. The third-order valence-electron chi connectivity index (χ3n) is 3.87. The van der Waals surface area contributed by atoms with Crippen LogP contribution in [-0.4, -0.2) is 9.52 Å². The van der Waals surface area contributed by atoms with Gasteiger partial charge >= 0.3 is 21.7 Å². The summed E-state index contributed by atoms with van der Waals surface area (Å²) in [6.45, 7) is 9.54. The predicted molar refractivity (Wildman–Crippen MR) is 75.4 cm³/mol. The van der Waals surface area contributed by atoms with Gasteiger partial charge in [0.1, 0.15) is 0 Å². The van der Waals surface area contributed by atoms with Crippen molar-refractivity contribution in [3.63, 3.8) is 0 Å². The smallest absolute Gasteiger partial charge is 1.00 e. The summed E-state index contributed by atoms with van der Waals surface area (Å²) in [5, 5.41) is 0.602. The minimum absolute atomic E-state index is 0. The quantitative estimate of drug-likeness (QED) is 0.351. The summed E-state index contributed by atoms with van der Waals surface area (Å²) in [6.07, 6.45) is 5.53. The van der Waals surface area contributed by atoms with Crippen LogP contribution in [0.25, 0.3) is 0 Å². The zero-order valence-electron chi connectivity index (χ0n) is 13.0. The van der Waals surface area contributed by atoms with E-state index in [-0.39, 0.29) is 68.5 Å². The molecule has 20 heavy (non-hydrogen) atoms. The largest absolute Gasteiger partial charge is 4.00 e. The van der Waals surface area contributed by atoms with Crippen LogP contribution >= 0.6 is 0 Å². The van der Waals surface area contributed by atoms with Crippen LogP contribution in [0.3, 0.4) is 0 Å². The summed E-state index contributed by atoms with van der Waals surface area (Å²) >= 11 is 0. The van der Waals surface area contributed by atoms with E-state index in [0.29, 0.717) is 5.04 Å². The van der Waals surface area contributed by atoms with Crippen molar-refractivity contribution in [3.8, 4) is 0 Å². The van der Waals surface area contributed by atoms with E-state index in [2.05, 4.69) is 33.8 Å². The SMILES string of the molecule is Cc1cc2c([c-]1C[SiH2]C(C)(C)C)CCCC2.[Cl-].[Cl-].[Cl-].[Ti+4]. The Morgan fingerprint density at radius 3 is 2.20 bits per heavy atom. The van der Waals surface area contributed by atoms with Gasteiger partial charge in [-0.2, -0.15) is 22.3 Å². The maximum atomic E-state index is 2.47. The van der Waals surface area contributed by atoms with Gasteiger partial charge in [0, 0.05) is 9.52 Å². The average Bonchev–Trinajstić information content (AvgIpc) is 2.49. The molecule has 2 rings (SSSR count). The monoisotopic (exact) mass is 386 g/mol. The van der Waals surface area contributed by atoms with Gasteiger partial charge in [-0.25, -0.2) is 6.07 Å². The molecule has 0 unspecified atom stereocenters. The molecule has 5 heteroatoms. The van der Waals surface area contributed by atoms with Gasteiger partial charge in [-0.15, -0.1) is 0 Å². The van der Waals surface area contributed by atoms with E-state index in [1.54, 1.807) is 22.3 Å². The fraction of sp³-hybridized carbons (Fsp3) is 0.667. The van der Waals surface area contributed by atoms with Crippen LogP contribution in [-0.2, 0) is 40.6 Å². The minimum atomic E-state index is 0. The van der Waals surface area contributed by atoms with Crippen molar-refractivity contribution in [2.24, 2.45) is 0 Å². The molecule has 0 N–H and O–H groups in total. The van der Waals surface area contributed by atoms with E-state index in [0.717, 1.165) is 0 Å². The van der Waals surface area contributed by atoms with Crippen LogP contribution in [0.1, 0.15) is 55.9 Å². The first-order valence-electron chi connectivity index (χ1n) is 6.74. The fourth-order valence-electron chi connectivity index (χ4n) is 2.87. The fourth-order valence-corrected chi connectivity index (χ4v) is 4.56. The Morgan fingerprint density at radius 1 is 1.10 bits per heavy atom. The van der Waals surface area contributed by atoms with Crippen LogP contribution in [0, 0.1) is 6.92 Å². The number of aryl methyl sites for hydroxylation is 2. The van der Waals surface area contributed by atoms with E-state index in [9.17, 15) is 0 Å². The van der Waals surface area contributed by atoms with Gasteiger partial charge in [-0.05, 0) is 5.04 Å². The van der Waals surface area contributed by atoms with Gasteiger partial charge in [-0.3, -0.25) is 0 Å². The molecular formula is C15H25Cl3SiTi. The number of rotatable bonds is 2. The van der Waals surface area contributed by atoms with Gasteiger partial charge in [0.15, 0.2) is 0 Å². The number of fused-ring (bicyclic) bond motifs is 1. The van der Waals surface area contributed by atoms with Crippen LogP contribution in [0.5, 0.6) is 0 Å². The molecule has 0 amide bonds. The molecule has 1 aromatic rings. The van der Waals surface area contributed by atoms with Crippen LogP contribution in [0.2, 0.25) is 5.04 Å². The third kappa shape index (κ3) is 6.94. The van der Waals surface area contributed by atoms with E-state index in [4.69, 9.17) is 0 Å². The molecule has 0 saturated carbocycles. The molecular weight excluding hydrogens is 362 g/mol. The van der Waals surface area contributed by atoms with Crippen molar-refractivity contribution in [1.82, 2.24) is 0 Å². The Labute approximate surface area is 160 Å². The van der Waals surface area contributed by atoms with E-state index >= 15 is 0 Å². The first-order valence-corrected chi connectivity index (χ1v) is 8.45. The van der Waals surface area contributed by atoms with Crippen molar-refractivity contribution < 1.29 is 58.9 Å². The Balaban J connectivity index is -0.000000722. The summed E-state index contributed by atoms with van der Waals surface area (Å²) in [7, 11) is 0.0290. The standard InChI is InChI=1S/C15H25Si.3ClH.Ti/c1-11-9-12-7-5-6-8-13(12)14(11)10-16-15(2,3)4;;;;/h9H,5-8,10,16H2,1-4H3;3*1H;/q-1;;;;+4/p-3. The van der Waals surface area contributed by atoms with Crippen LogP contribution in [0.4, 0.5) is 0 Å². The molecule has 0 spiro atoms. The predicted octanol–water partition coefficient (Wildman–Crippen LogP) is -5.51. The Hall–Kier alpha value is 1.15. The van der Waals surface area contributed by atoms with E-state index < -0.39 is 0 Å². The first-order chi connectivity index (χ1) is 7.47. The van der Waals surface area contributed by atoms with Crippen LogP contribution in [0.15, 0.2) is 6.07 Å². The van der Waals surface area contributed by atoms with E-state index in [1.165, 1.54) is 31.7 Å². The van der Waals surface area contributed by atoms with Gasteiger partial charge in [0.2, 0.25) is 0 Å². The van der Waals surface area contributed by atoms with Gasteiger partial charge < -0.3 is 37.2 Å². The van der Waals surface area contributed by atoms with E-state index in [1.807, 2.05) is 0 Å². The maximum absolute atomic E-state index is 2.47. The zero-order chi connectivity index (χ0) is 11.8. The average molecular weight is 388 g/mol. The molecule has 0 atom stereocenters. The zero-order valence-corrected chi connectivity index (χ0v) is 18.2. The third-order valence-corrected chi connectivity index (χ3v) is 6.12. The second kappa shape index (κ2) is 10.8. The van der Waals surface area contributed by atoms with Crippen molar-refractivity contribution in [2.45, 2.75) is 64.5 Å². The second-order valence-electron chi connectivity index (χ2n) is 6.58. The molecule has 0 aliphatic heterocycles. The van der Waals surface area contributed by atoms with Crippen LogP contribution < -0.4 is 37.2 Å². The molecule has 1 aromatic carbocycles. The summed E-state index contributed by atoms with van der Waals surface area (Å²) in [4.78, 5) is 0.